The molecule has 1 aromatic heterocycles. The third-order valence-corrected chi connectivity index (χ3v) is 7.13. The molecule has 1 aliphatic rings. The smallest absolute Gasteiger partial charge is 0.408 e. The fraction of sp³-hybridized carbons (Fsp3) is 0.500. The summed E-state index contributed by atoms with van der Waals surface area (Å²) in [6, 6.07) is 12.6. The molecule has 0 unspecified atom stereocenters. The van der Waals surface area contributed by atoms with Gasteiger partial charge < -0.3 is 25.4 Å². The lowest BCUT2D eigenvalue weighted by Crippen LogP contribution is -2.45. The zero-order valence-corrected chi connectivity index (χ0v) is 24.0. The number of aryl methyl sites for hydroxylation is 1. The van der Waals surface area contributed by atoms with Crippen LogP contribution in [0.15, 0.2) is 54.4 Å². The van der Waals surface area contributed by atoms with Gasteiger partial charge in [-0.3, -0.25) is 4.79 Å². The van der Waals surface area contributed by atoms with E-state index in [1.165, 1.54) is 4.88 Å². The quantitative estimate of drug-likeness (QED) is 0.227. The van der Waals surface area contributed by atoms with Gasteiger partial charge in [-0.2, -0.15) is 0 Å². The van der Waals surface area contributed by atoms with Gasteiger partial charge in [-0.25, -0.2) is 9.59 Å². The first-order valence-corrected chi connectivity index (χ1v) is 14.5. The number of alkyl carbamates (subject to hydrolysis) is 1. The summed E-state index contributed by atoms with van der Waals surface area (Å²) >= 11 is 1.63. The largest absolute Gasteiger partial charge is 0.458 e. The molecule has 39 heavy (non-hydrogen) atoms. The summed E-state index contributed by atoms with van der Waals surface area (Å²) < 4.78 is 10.9. The second-order valence-electron chi connectivity index (χ2n) is 10.7. The van der Waals surface area contributed by atoms with Crippen LogP contribution in [0.3, 0.4) is 0 Å². The van der Waals surface area contributed by atoms with E-state index in [9.17, 15) is 14.4 Å². The molecule has 1 aliphatic heterocycles. The van der Waals surface area contributed by atoms with Crippen LogP contribution in [-0.2, 0) is 38.5 Å². The molecule has 0 saturated carbocycles. The van der Waals surface area contributed by atoms with Crippen LogP contribution >= 0.6 is 11.3 Å². The van der Waals surface area contributed by atoms with Crippen molar-refractivity contribution in [3.8, 4) is 0 Å². The summed E-state index contributed by atoms with van der Waals surface area (Å²) in [5.74, 6) is 0.393. The summed E-state index contributed by atoms with van der Waals surface area (Å²) in [5, 5.41) is 8.83. The third kappa shape index (κ3) is 11.9. The molecule has 0 bridgehead atoms. The number of benzene rings is 1. The van der Waals surface area contributed by atoms with Crippen molar-refractivity contribution < 1.29 is 23.9 Å². The van der Waals surface area contributed by atoms with Gasteiger partial charge in [0.15, 0.2) is 0 Å². The minimum atomic E-state index is -0.855. The monoisotopic (exact) mass is 555 g/mol. The van der Waals surface area contributed by atoms with Crippen LogP contribution in [0.1, 0.15) is 74.6 Å². The number of rotatable bonds is 13. The van der Waals surface area contributed by atoms with Gasteiger partial charge in [-0.05, 0) is 76.6 Å². The number of esters is 1. The Labute approximate surface area is 235 Å². The minimum absolute atomic E-state index is 0.0528. The average molecular weight is 556 g/mol. The molecule has 1 aromatic carbocycles. The van der Waals surface area contributed by atoms with Gasteiger partial charge in [0.25, 0.3) is 0 Å². The van der Waals surface area contributed by atoms with Crippen molar-refractivity contribution in [2.45, 2.75) is 90.4 Å². The lowest BCUT2D eigenvalue weighted by atomic mass is 10.1. The van der Waals surface area contributed by atoms with Gasteiger partial charge >= 0.3 is 12.1 Å². The molecule has 2 amide bonds. The molecule has 0 radical (unpaired) electrons. The van der Waals surface area contributed by atoms with Crippen LogP contribution in [0.25, 0.3) is 0 Å². The Morgan fingerprint density at radius 1 is 1.03 bits per heavy atom. The second kappa shape index (κ2) is 15.3. The number of amides is 2. The fourth-order valence-corrected chi connectivity index (χ4v) is 5.16. The van der Waals surface area contributed by atoms with Gasteiger partial charge in [0.2, 0.25) is 5.91 Å². The van der Waals surface area contributed by atoms with Gasteiger partial charge in [0, 0.05) is 29.1 Å². The van der Waals surface area contributed by atoms with Gasteiger partial charge in [-0.15, -0.1) is 11.3 Å². The topological polar surface area (TPSA) is 106 Å². The van der Waals surface area contributed by atoms with Crippen LogP contribution in [0, 0.1) is 0 Å². The molecule has 2 heterocycles. The summed E-state index contributed by atoms with van der Waals surface area (Å²) in [7, 11) is 0. The Morgan fingerprint density at radius 2 is 1.79 bits per heavy atom. The Balaban J connectivity index is 1.44. The zero-order chi connectivity index (χ0) is 28.1. The molecular formula is C30H41N3O5S. The molecule has 0 spiro atoms. The van der Waals surface area contributed by atoms with Crippen LogP contribution < -0.4 is 16.0 Å². The number of hydrogen-bond acceptors (Lipinski definition) is 7. The molecule has 8 nitrogen and oxygen atoms in total. The molecule has 3 N–H and O–H groups in total. The van der Waals surface area contributed by atoms with Gasteiger partial charge in [-0.1, -0.05) is 36.8 Å². The highest BCUT2D eigenvalue weighted by Crippen LogP contribution is 2.22. The molecule has 0 aliphatic carbocycles. The van der Waals surface area contributed by atoms with E-state index in [1.807, 2.05) is 42.5 Å². The van der Waals surface area contributed by atoms with Crippen LogP contribution in [0.4, 0.5) is 4.79 Å². The molecule has 0 fully saturated rings. The number of allylic oxidation sites excluding steroid dienone is 1. The molecule has 212 valence electrons. The van der Waals surface area contributed by atoms with E-state index in [1.54, 1.807) is 32.1 Å². The van der Waals surface area contributed by atoms with E-state index in [0.717, 1.165) is 61.3 Å². The van der Waals surface area contributed by atoms with Crippen molar-refractivity contribution in [3.05, 3.63) is 69.7 Å². The van der Waals surface area contributed by atoms with Crippen LogP contribution in [0.2, 0.25) is 0 Å². The Morgan fingerprint density at radius 3 is 2.51 bits per heavy atom. The predicted molar refractivity (Wildman–Crippen MR) is 153 cm³/mol. The van der Waals surface area contributed by atoms with Crippen molar-refractivity contribution in [3.63, 3.8) is 0 Å². The Hall–Kier alpha value is -3.33. The summed E-state index contributed by atoms with van der Waals surface area (Å²) in [4.78, 5) is 39.7. The fourth-order valence-electron chi connectivity index (χ4n) is 4.05. The molecular weight excluding hydrogens is 514 g/mol. The maximum absolute atomic E-state index is 12.9. The third-order valence-electron chi connectivity index (χ3n) is 5.96. The van der Waals surface area contributed by atoms with E-state index in [4.69, 9.17) is 9.47 Å². The van der Waals surface area contributed by atoms with Crippen LogP contribution in [-0.4, -0.2) is 36.2 Å². The minimum Gasteiger partial charge on any atom is -0.458 e. The number of hydrogen-bond donors (Lipinski definition) is 3. The van der Waals surface area contributed by atoms with Crippen molar-refractivity contribution in [2.75, 3.05) is 6.54 Å². The molecule has 9 heteroatoms. The lowest BCUT2D eigenvalue weighted by molar-refractivity contribution is -0.157. The number of carbonyl (C=O) groups is 3. The number of carbonyl (C=O) groups excluding carboxylic acids is 3. The summed E-state index contributed by atoms with van der Waals surface area (Å²) in [6.45, 7) is 6.42. The highest BCUT2D eigenvalue weighted by molar-refractivity contribution is 7.12. The van der Waals surface area contributed by atoms with Crippen molar-refractivity contribution in [1.82, 2.24) is 16.0 Å². The van der Waals surface area contributed by atoms with E-state index < -0.39 is 23.7 Å². The van der Waals surface area contributed by atoms with Gasteiger partial charge in [0.05, 0.1) is 0 Å². The first-order valence-electron chi connectivity index (χ1n) is 13.7. The molecule has 1 atom stereocenters. The molecule has 2 aromatic rings. The lowest BCUT2D eigenvalue weighted by Gasteiger charge is -2.24. The normalized spacial score (nSPS) is 14.0. The highest BCUT2D eigenvalue weighted by Gasteiger charge is 2.28. The Kier molecular flexibility index (Phi) is 11.9. The van der Waals surface area contributed by atoms with Gasteiger partial charge in [0.1, 0.15) is 24.1 Å². The van der Waals surface area contributed by atoms with E-state index in [0.29, 0.717) is 12.8 Å². The zero-order valence-electron chi connectivity index (χ0n) is 23.2. The Bertz CT molecular complexity index is 1110. The highest BCUT2D eigenvalue weighted by atomic mass is 32.1. The second-order valence-corrected chi connectivity index (χ2v) is 11.9. The SMILES string of the molecule is CC(C)(C)OC(=O)[C@H](Cc1ccc(CCCCCC(=O)NC2=CCCCN2)s1)NC(=O)OCc1ccccc1. The van der Waals surface area contributed by atoms with Crippen molar-refractivity contribution in [2.24, 2.45) is 0 Å². The first-order chi connectivity index (χ1) is 18.7. The number of nitrogens with one attached hydrogen (secondary N) is 3. The first kappa shape index (κ1) is 30.2. The van der Waals surface area contributed by atoms with Crippen LogP contribution in [0.5, 0.6) is 0 Å². The van der Waals surface area contributed by atoms with E-state index in [-0.39, 0.29) is 12.5 Å². The summed E-state index contributed by atoms with van der Waals surface area (Å²) in [6.07, 6.45) is 7.99. The number of ether oxygens (including phenoxy) is 2. The maximum Gasteiger partial charge on any atom is 0.408 e. The van der Waals surface area contributed by atoms with E-state index >= 15 is 0 Å². The predicted octanol–water partition coefficient (Wildman–Crippen LogP) is 5.37. The van der Waals surface area contributed by atoms with Crippen molar-refractivity contribution >= 4 is 29.3 Å². The number of thiophene rings is 1. The maximum atomic E-state index is 12.9. The standard InChI is InChI=1S/C30H41N3O5S/c1-30(2,3)38-28(35)25(32-29(36)37-21-22-12-6-4-7-13-22)20-24-18-17-23(39-24)14-8-5-9-16-27(34)33-26-15-10-11-19-31-26/h4,6-7,12-13,15,17-18,25,31H,5,8-11,14,16,19-21H2,1-3H3,(H,32,36)(H,33,34)/t25-/m0/s1. The summed E-state index contributed by atoms with van der Waals surface area (Å²) in [5.41, 5.74) is 0.190. The van der Waals surface area contributed by atoms with E-state index in [2.05, 4.69) is 22.0 Å². The van der Waals surface area contributed by atoms with Crippen molar-refractivity contribution in [1.29, 1.82) is 0 Å². The molecule has 0 saturated heterocycles. The average Bonchev–Trinajstić information content (AvgIpc) is 3.34. The number of unbranched alkanes of at least 4 members (excludes halogenated alkanes) is 2. The molecule has 3 rings (SSSR count).